The van der Waals surface area contributed by atoms with Crippen LogP contribution in [-0.4, -0.2) is 55.1 Å². The molecule has 7 heteroatoms. The summed E-state index contributed by atoms with van der Waals surface area (Å²) in [5.41, 5.74) is 0. The molecule has 2 unspecified atom stereocenters. The number of aliphatic imine (C=N–C) groups is 1. The standard InChI is InChI=1S/C21H33FN4O2/c1-4-23-21(24-13-12-20(27)26-14-8-7-9-16(26)2)25-15-17(3)28-19-11-6-5-10-18(19)22/h5-6,10-11,16-17H,4,7-9,12-15H2,1-3H3,(H2,23,24,25). The molecule has 0 aliphatic carbocycles. The number of amides is 1. The zero-order chi connectivity index (χ0) is 20.4. The quantitative estimate of drug-likeness (QED) is 0.527. The lowest BCUT2D eigenvalue weighted by Crippen LogP contribution is -2.44. The molecule has 1 aromatic carbocycles. The highest BCUT2D eigenvalue weighted by Crippen LogP contribution is 2.17. The zero-order valence-electron chi connectivity index (χ0n) is 17.2. The lowest BCUT2D eigenvalue weighted by atomic mass is 10.0. The third-order valence-electron chi connectivity index (χ3n) is 4.77. The maximum Gasteiger partial charge on any atom is 0.224 e. The fourth-order valence-corrected chi connectivity index (χ4v) is 3.26. The normalized spacial score (nSPS) is 18.5. The largest absolute Gasteiger partial charge is 0.486 e. The van der Waals surface area contributed by atoms with Crippen molar-refractivity contribution >= 4 is 11.9 Å². The van der Waals surface area contributed by atoms with Crippen molar-refractivity contribution in [1.82, 2.24) is 15.5 Å². The van der Waals surface area contributed by atoms with Crippen LogP contribution in [-0.2, 0) is 4.79 Å². The van der Waals surface area contributed by atoms with Gasteiger partial charge in [-0.3, -0.25) is 4.79 Å². The number of nitrogens with zero attached hydrogens (tertiary/aromatic N) is 2. The van der Waals surface area contributed by atoms with Gasteiger partial charge in [-0.05, 0) is 52.2 Å². The van der Waals surface area contributed by atoms with Crippen LogP contribution in [0.1, 0.15) is 46.5 Å². The second-order valence-electron chi connectivity index (χ2n) is 7.19. The fourth-order valence-electron chi connectivity index (χ4n) is 3.26. The Morgan fingerprint density at radius 2 is 2.14 bits per heavy atom. The summed E-state index contributed by atoms with van der Waals surface area (Å²) in [4.78, 5) is 18.9. The highest BCUT2D eigenvalue weighted by Gasteiger charge is 2.22. The summed E-state index contributed by atoms with van der Waals surface area (Å²) in [5.74, 6) is 0.663. The molecule has 156 valence electrons. The molecule has 1 aromatic rings. The van der Waals surface area contributed by atoms with Crippen LogP contribution >= 0.6 is 0 Å². The van der Waals surface area contributed by atoms with Gasteiger partial charge in [0.05, 0.1) is 6.54 Å². The summed E-state index contributed by atoms with van der Waals surface area (Å²) in [7, 11) is 0. The topological polar surface area (TPSA) is 66.0 Å². The highest BCUT2D eigenvalue weighted by molar-refractivity contribution is 5.81. The van der Waals surface area contributed by atoms with Crippen LogP contribution in [0.3, 0.4) is 0 Å². The number of piperidine rings is 1. The summed E-state index contributed by atoms with van der Waals surface area (Å²) >= 11 is 0. The first kappa shape index (κ1) is 22.0. The van der Waals surface area contributed by atoms with Crippen LogP contribution in [0, 0.1) is 5.82 Å². The molecule has 1 heterocycles. The Morgan fingerprint density at radius 1 is 1.36 bits per heavy atom. The predicted molar refractivity (Wildman–Crippen MR) is 110 cm³/mol. The highest BCUT2D eigenvalue weighted by atomic mass is 19.1. The smallest absolute Gasteiger partial charge is 0.224 e. The lowest BCUT2D eigenvalue weighted by Gasteiger charge is -2.33. The molecule has 2 N–H and O–H groups in total. The number of hydrogen-bond donors (Lipinski definition) is 2. The molecule has 0 saturated carbocycles. The van der Waals surface area contributed by atoms with Crippen LogP contribution in [0.5, 0.6) is 5.75 Å². The number of carbonyl (C=O) groups excluding carboxylic acids is 1. The van der Waals surface area contributed by atoms with E-state index in [1.165, 1.54) is 12.5 Å². The monoisotopic (exact) mass is 392 g/mol. The summed E-state index contributed by atoms with van der Waals surface area (Å²) in [6.45, 7) is 8.42. The SMILES string of the molecule is CCNC(=NCC(C)Oc1ccccc1F)NCCC(=O)N1CCCCC1C. The van der Waals surface area contributed by atoms with E-state index in [1.807, 2.05) is 18.7 Å². The van der Waals surface area contributed by atoms with E-state index >= 15 is 0 Å². The van der Waals surface area contributed by atoms with E-state index in [0.717, 1.165) is 19.4 Å². The van der Waals surface area contributed by atoms with Crippen LogP contribution in [0.25, 0.3) is 0 Å². The van der Waals surface area contributed by atoms with Crippen LogP contribution < -0.4 is 15.4 Å². The minimum atomic E-state index is -0.381. The lowest BCUT2D eigenvalue weighted by molar-refractivity contribution is -0.134. The van der Waals surface area contributed by atoms with Gasteiger partial charge in [0.1, 0.15) is 6.10 Å². The molecule has 1 aliphatic heterocycles. The number of hydrogen-bond acceptors (Lipinski definition) is 3. The third kappa shape index (κ3) is 7.02. The van der Waals surface area contributed by atoms with Crippen molar-refractivity contribution in [2.75, 3.05) is 26.2 Å². The van der Waals surface area contributed by atoms with Gasteiger partial charge in [0.25, 0.3) is 0 Å². The summed E-state index contributed by atoms with van der Waals surface area (Å²) < 4.78 is 19.3. The van der Waals surface area contributed by atoms with Gasteiger partial charge in [0.15, 0.2) is 17.5 Å². The number of likely N-dealkylation sites (tertiary alicyclic amines) is 1. The van der Waals surface area contributed by atoms with Gasteiger partial charge in [-0.1, -0.05) is 12.1 Å². The van der Waals surface area contributed by atoms with Crippen molar-refractivity contribution < 1.29 is 13.9 Å². The van der Waals surface area contributed by atoms with Gasteiger partial charge in [-0.2, -0.15) is 0 Å². The first-order valence-corrected chi connectivity index (χ1v) is 10.2. The van der Waals surface area contributed by atoms with Gasteiger partial charge in [-0.15, -0.1) is 0 Å². The second kappa shape index (κ2) is 11.5. The number of para-hydroxylation sites is 1. The molecule has 1 amide bonds. The molecule has 0 bridgehead atoms. The molecule has 1 saturated heterocycles. The summed E-state index contributed by atoms with van der Waals surface area (Å²) in [5, 5.41) is 6.36. The Hall–Kier alpha value is -2.31. The average molecular weight is 393 g/mol. The summed E-state index contributed by atoms with van der Waals surface area (Å²) in [6.07, 6.45) is 3.54. The number of carbonyl (C=O) groups is 1. The molecular formula is C21H33FN4O2. The number of nitrogens with one attached hydrogen (secondary N) is 2. The van der Waals surface area contributed by atoms with Gasteiger partial charge in [0, 0.05) is 32.1 Å². The van der Waals surface area contributed by atoms with Gasteiger partial charge >= 0.3 is 0 Å². The third-order valence-corrected chi connectivity index (χ3v) is 4.77. The Balaban J connectivity index is 1.79. The van der Waals surface area contributed by atoms with Crippen molar-refractivity contribution in [3.63, 3.8) is 0 Å². The maximum atomic E-state index is 13.7. The molecule has 1 aliphatic rings. The molecular weight excluding hydrogens is 359 g/mol. The number of rotatable bonds is 8. The van der Waals surface area contributed by atoms with Gasteiger partial charge in [0.2, 0.25) is 5.91 Å². The molecule has 1 fully saturated rings. The second-order valence-corrected chi connectivity index (χ2v) is 7.19. The molecule has 2 rings (SSSR count). The fraction of sp³-hybridized carbons (Fsp3) is 0.619. The zero-order valence-corrected chi connectivity index (χ0v) is 17.2. The maximum absolute atomic E-state index is 13.7. The molecule has 2 atom stereocenters. The Labute approximate surface area is 167 Å². The number of ether oxygens (including phenoxy) is 1. The van der Waals surface area contributed by atoms with Crippen molar-refractivity contribution in [2.45, 2.75) is 58.6 Å². The van der Waals surface area contributed by atoms with E-state index in [-0.39, 0.29) is 23.6 Å². The van der Waals surface area contributed by atoms with E-state index in [4.69, 9.17) is 4.74 Å². The average Bonchev–Trinajstić information content (AvgIpc) is 2.68. The minimum absolute atomic E-state index is 0.187. The van der Waals surface area contributed by atoms with E-state index in [2.05, 4.69) is 22.5 Å². The van der Waals surface area contributed by atoms with E-state index < -0.39 is 0 Å². The van der Waals surface area contributed by atoms with Crippen molar-refractivity contribution in [3.05, 3.63) is 30.1 Å². The van der Waals surface area contributed by atoms with Crippen molar-refractivity contribution in [3.8, 4) is 5.75 Å². The molecule has 28 heavy (non-hydrogen) atoms. The minimum Gasteiger partial charge on any atom is -0.486 e. The Morgan fingerprint density at radius 3 is 2.86 bits per heavy atom. The van der Waals surface area contributed by atoms with Gasteiger partial charge < -0.3 is 20.3 Å². The molecule has 0 aromatic heterocycles. The Kier molecular flexibility index (Phi) is 9.04. The first-order valence-electron chi connectivity index (χ1n) is 10.2. The van der Waals surface area contributed by atoms with Crippen molar-refractivity contribution in [1.29, 1.82) is 0 Å². The number of guanidine groups is 1. The number of benzene rings is 1. The van der Waals surface area contributed by atoms with Crippen molar-refractivity contribution in [2.24, 2.45) is 4.99 Å². The molecule has 0 spiro atoms. The summed E-state index contributed by atoms with van der Waals surface area (Å²) in [6, 6.07) is 6.67. The van der Waals surface area contributed by atoms with E-state index in [9.17, 15) is 9.18 Å². The number of halogens is 1. The van der Waals surface area contributed by atoms with E-state index in [0.29, 0.717) is 38.1 Å². The van der Waals surface area contributed by atoms with Crippen LogP contribution in [0.2, 0.25) is 0 Å². The predicted octanol–water partition coefficient (Wildman–Crippen LogP) is 2.94. The van der Waals surface area contributed by atoms with Crippen LogP contribution in [0.4, 0.5) is 4.39 Å². The Bertz CT molecular complexity index is 653. The molecule has 6 nitrogen and oxygen atoms in total. The van der Waals surface area contributed by atoms with Gasteiger partial charge in [-0.25, -0.2) is 9.38 Å². The van der Waals surface area contributed by atoms with E-state index in [1.54, 1.807) is 18.2 Å². The van der Waals surface area contributed by atoms with Crippen LogP contribution in [0.15, 0.2) is 29.3 Å². The molecule has 0 radical (unpaired) electrons. The first-order chi connectivity index (χ1) is 13.5.